The molecule has 2 aromatic rings. The Bertz CT molecular complexity index is 548. The van der Waals surface area contributed by atoms with E-state index >= 15 is 0 Å². The van der Waals surface area contributed by atoms with Gasteiger partial charge in [0.1, 0.15) is 0 Å². The van der Waals surface area contributed by atoms with Crippen LogP contribution in [0.15, 0.2) is 34.9 Å². The van der Waals surface area contributed by atoms with Crippen LogP contribution in [0.3, 0.4) is 0 Å². The molecule has 0 amide bonds. The van der Waals surface area contributed by atoms with Crippen molar-refractivity contribution in [1.82, 2.24) is 10.2 Å². The molecule has 19 heavy (non-hydrogen) atoms. The highest BCUT2D eigenvalue weighted by Crippen LogP contribution is 2.27. The van der Waals surface area contributed by atoms with Crippen LogP contribution in [0.5, 0.6) is 0 Å². The first-order chi connectivity index (χ1) is 8.87. The molecule has 0 saturated heterocycles. The minimum absolute atomic E-state index is 0.00270. The maximum Gasteiger partial charge on any atom is 0.394 e. The van der Waals surface area contributed by atoms with Crippen molar-refractivity contribution in [2.45, 2.75) is 18.6 Å². The summed E-state index contributed by atoms with van der Waals surface area (Å²) in [6.45, 7) is 0. The first kappa shape index (κ1) is 14.1. The average molecular weight is 334 g/mol. The molecule has 1 heterocycles. The number of nitrogens with one attached hydrogen (secondary N) is 1. The summed E-state index contributed by atoms with van der Waals surface area (Å²) >= 11 is 3.29. The van der Waals surface area contributed by atoms with Gasteiger partial charge in [0.15, 0.2) is 0 Å². The third-order valence-electron chi connectivity index (χ3n) is 2.69. The number of nitrogens with two attached hydrogens (primary N) is 1. The molecule has 0 spiro atoms. The minimum atomic E-state index is -4.29. The number of alkyl halides is 3. The molecule has 2 rings (SSSR count). The molecule has 3 N–H and O–H groups in total. The zero-order valence-electron chi connectivity index (χ0n) is 9.71. The molecule has 0 aliphatic carbocycles. The molecular weight excluding hydrogens is 323 g/mol. The Morgan fingerprint density at radius 3 is 2.47 bits per heavy atom. The third-order valence-corrected chi connectivity index (χ3v) is 3.22. The first-order valence-electron chi connectivity index (χ1n) is 5.47. The van der Waals surface area contributed by atoms with E-state index in [0.717, 1.165) is 10.0 Å². The van der Waals surface area contributed by atoms with Crippen molar-refractivity contribution < 1.29 is 13.2 Å². The number of halogens is 4. The molecule has 1 aromatic carbocycles. The number of rotatable bonds is 3. The largest absolute Gasteiger partial charge is 0.394 e. The van der Waals surface area contributed by atoms with Gasteiger partial charge in [-0.05, 0) is 17.7 Å². The van der Waals surface area contributed by atoms with E-state index in [9.17, 15) is 13.2 Å². The Hall–Kier alpha value is -1.34. The van der Waals surface area contributed by atoms with E-state index in [0.29, 0.717) is 5.56 Å². The van der Waals surface area contributed by atoms with Crippen molar-refractivity contribution in [1.29, 1.82) is 0 Å². The summed E-state index contributed by atoms with van der Waals surface area (Å²) < 4.78 is 38.1. The predicted molar refractivity (Wildman–Crippen MR) is 68.5 cm³/mol. The molecular formula is C12H11BrF3N3. The van der Waals surface area contributed by atoms with Gasteiger partial charge < -0.3 is 5.73 Å². The minimum Gasteiger partial charge on any atom is -0.320 e. The van der Waals surface area contributed by atoms with Gasteiger partial charge in [0, 0.05) is 15.7 Å². The zero-order chi connectivity index (χ0) is 14.0. The first-order valence-corrected chi connectivity index (χ1v) is 6.26. The molecule has 0 saturated carbocycles. The van der Waals surface area contributed by atoms with E-state index in [2.05, 4.69) is 26.1 Å². The number of nitrogens with zero attached hydrogens (tertiary/aromatic N) is 1. The Balaban J connectivity index is 2.27. The van der Waals surface area contributed by atoms with Crippen molar-refractivity contribution in [3.63, 3.8) is 0 Å². The molecule has 1 unspecified atom stereocenters. The molecule has 1 atom stereocenters. The number of hydrogen-bond acceptors (Lipinski definition) is 2. The lowest BCUT2D eigenvalue weighted by atomic mass is 9.99. The molecule has 1 aromatic heterocycles. The van der Waals surface area contributed by atoms with Gasteiger partial charge in [0.05, 0.1) is 18.7 Å². The fourth-order valence-corrected chi connectivity index (χ4v) is 2.05. The Kier molecular flexibility index (Phi) is 3.96. The lowest BCUT2D eigenvalue weighted by Gasteiger charge is -2.13. The van der Waals surface area contributed by atoms with Gasteiger partial charge in [0.2, 0.25) is 0 Å². The molecule has 0 radical (unpaired) electrons. The second-order valence-electron chi connectivity index (χ2n) is 4.13. The normalized spacial score (nSPS) is 13.5. The van der Waals surface area contributed by atoms with Gasteiger partial charge in [-0.15, -0.1) is 0 Å². The fourth-order valence-electron chi connectivity index (χ4n) is 1.78. The highest BCUT2D eigenvalue weighted by atomic mass is 79.9. The van der Waals surface area contributed by atoms with Crippen LogP contribution in [0, 0.1) is 0 Å². The summed E-state index contributed by atoms with van der Waals surface area (Å²) in [7, 11) is 0. The van der Waals surface area contributed by atoms with E-state index in [1.165, 1.54) is 6.20 Å². The van der Waals surface area contributed by atoms with Crippen LogP contribution in [0.2, 0.25) is 0 Å². The predicted octanol–water partition coefficient (Wildman–Crippen LogP) is 3.33. The second kappa shape index (κ2) is 5.34. The van der Waals surface area contributed by atoms with Crippen LogP contribution in [0.4, 0.5) is 13.2 Å². The van der Waals surface area contributed by atoms with Crippen LogP contribution < -0.4 is 5.73 Å². The summed E-state index contributed by atoms with van der Waals surface area (Å²) in [5.74, 6) is 0. The van der Waals surface area contributed by atoms with Crippen LogP contribution in [-0.4, -0.2) is 16.4 Å². The van der Waals surface area contributed by atoms with Gasteiger partial charge >= 0.3 is 6.18 Å². The van der Waals surface area contributed by atoms with Gasteiger partial charge in [-0.3, -0.25) is 5.10 Å². The molecule has 0 aliphatic rings. The maximum atomic E-state index is 12.4. The number of benzene rings is 1. The smallest absolute Gasteiger partial charge is 0.320 e. The summed E-state index contributed by atoms with van der Waals surface area (Å²) in [6.07, 6.45) is -4.01. The molecule has 7 heteroatoms. The van der Waals surface area contributed by atoms with E-state index in [-0.39, 0.29) is 5.69 Å². The van der Waals surface area contributed by atoms with Crippen LogP contribution in [0.1, 0.15) is 22.9 Å². The van der Waals surface area contributed by atoms with Gasteiger partial charge in [-0.2, -0.15) is 18.3 Å². The van der Waals surface area contributed by atoms with Crippen molar-refractivity contribution in [3.05, 3.63) is 51.8 Å². The van der Waals surface area contributed by atoms with Gasteiger partial charge in [0.25, 0.3) is 0 Å². The van der Waals surface area contributed by atoms with Crippen molar-refractivity contribution in [2.24, 2.45) is 5.73 Å². The molecule has 0 fully saturated rings. The number of H-pyrrole nitrogens is 1. The Morgan fingerprint density at radius 1 is 1.26 bits per heavy atom. The quantitative estimate of drug-likeness (QED) is 0.905. The van der Waals surface area contributed by atoms with Crippen LogP contribution in [0.25, 0.3) is 0 Å². The fraction of sp³-hybridized carbons (Fsp3) is 0.250. The molecule has 0 aliphatic heterocycles. The maximum absolute atomic E-state index is 12.4. The van der Waals surface area contributed by atoms with E-state index in [1.807, 2.05) is 0 Å². The number of hydrogen-bond donors (Lipinski definition) is 2. The van der Waals surface area contributed by atoms with Crippen molar-refractivity contribution >= 4 is 15.9 Å². The lowest BCUT2D eigenvalue weighted by Crippen LogP contribution is -2.17. The highest BCUT2D eigenvalue weighted by molar-refractivity contribution is 9.10. The van der Waals surface area contributed by atoms with E-state index in [1.54, 1.807) is 24.3 Å². The monoisotopic (exact) mass is 333 g/mol. The lowest BCUT2D eigenvalue weighted by molar-refractivity contribution is -0.128. The zero-order valence-corrected chi connectivity index (χ0v) is 11.3. The number of aromatic amines is 1. The van der Waals surface area contributed by atoms with Gasteiger partial charge in [-0.25, -0.2) is 0 Å². The topological polar surface area (TPSA) is 54.7 Å². The van der Waals surface area contributed by atoms with Crippen LogP contribution in [-0.2, 0) is 6.42 Å². The van der Waals surface area contributed by atoms with Crippen LogP contribution >= 0.6 is 15.9 Å². The number of aromatic nitrogens is 2. The van der Waals surface area contributed by atoms with Crippen molar-refractivity contribution in [3.8, 4) is 0 Å². The summed E-state index contributed by atoms with van der Waals surface area (Å²) in [5, 5.41) is 6.02. The SMILES string of the molecule is NC(c1ccc(Br)cc1)c1cn[nH]c1CC(F)(F)F. The standard InChI is InChI=1S/C12H11BrF3N3/c13-8-3-1-7(2-4-8)11(17)9-6-18-19-10(9)5-12(14,15)16/h1-4,6,11H,5,17H2,(H,18,19). The third kappa shape index (κ3) is 3.57. The average Bonchev–Trinajstić information content (AvgIpc) is 2.75. The summed E-state index contributed by atoms with van der Waals surface area (Å²) in [6, 6.07) is 6.47. The highest BCUT2D eigenvalue weighted by Gasteiger charge is 2.31. The molecule has 102 valence electrons. The second-order valence-corrected chi connectivity index (χ2v) is 5.04. The van der Waals surface area contributed by atoms with E-state index < -0.39 is 18.6 Å². The summed E-state index contributed by atoms with van der Waals surface area (Å²) in [5.41, 5.74) is 7.08. The van der Waals surface area contributed by atoms with E-state index in [4.69, 9.17) is 5.73 Å². The van der Waals surface area contributed by atoms with Crippen molar-refractivity contribution in [2.75, 3.05) is 0 Å². The van der Waals surface area contributed by atoms with Gasteiger partial charge in [-0.1, -0.05) is 28.1 Å². The molecule has 3 nitrogen and oxygen atoms in total. The summed E-state index contributed by atoms with van der Waals surface area (Å²) in [4.78, 5) is 0. The Morgan fingerprint density at radius 2 is 1.89 bits per heavy atom. The molecule has 0 bridgehead atoms. The Labute approximate surface area is 116 Å².